The summed E-state index contributed by atoms with van der Waals surface area (Å²) in [6.07, 6.45) is 4.02. The highest BCUT2D eigenvalue weighted by Gasteiger charge is 2.28. The van der Waals surface area contributed by atoms with Crippen LogP contribution in [0.4, 0.5) is 11.5 Å². The van der Waals surface area contributed by atoms with Crippen LogP contribution in [0.1, 0.15) is 32.4 Å². The number of hydrogen-bond acceptors (Lipinski definition) is 4. The van der Waals surface area contributed by atoms with E-state index < -0.39 is 0 Å². The summed E-state index contributed by atoms with van der Waals surface area (Å²) in [7, 11) is 3.37. The van der Waals surface area contributed by atoms with E-state index in [-0.39, 0.29) is 6.23 Å². The fourth-order valence-electron chi connectivity index (χ4n) is 2.50. The Balaban J connectivity index is 2.33. The fraction of sp³-hybridized carbons (Fsp3) is 0.571. The number of methoxy groups -OCH3 is 2. The van der Waals surface area contributed by atoms with Crippen LogP contribution in [0.5, 0.6) is 0 Å². The van der Waals surface area contributed by atoms with E-state index in [0.29, 0.717) is 5.69 Å². The van der Waals surface area contributed by atoms with Crippen LogP contribution in [0.15, 0.2) is 17.5 Å². The summed E-state index contributed by atoms with van der Waals surface area (Å²) >= 11 is 0. The van der Waals surface area contributed by atoms with Gasteiger partial charge in [0.15, 0.2) is 6.23 Å². The first kappa shape index (κ1) is 14.6. The Morgan fingerprint density at radius 1 is 1.50 bits per heavy atom. The van der Waals surface area contributed by atoms with Crippen LogP contribution in [0.2, 0.25) is 0 Å². The van der Waals surface area contributed by atoms with E-state index in [2.05, 4.69) is 22.2 Å². The fourth-order valence-corrected chi connectivity index (χ4v) is 2.50. The predicted octanol–water partition coefficient (Wildman–Crippen LogP) is 3.10. The molecule has 1 atom stereocenters. The number of nitrogens with zero attached hydrogens (tertiary/aromatic N) is 3. The molecule has 2 heterocycles. The van der Waals surface area contributed by atoms with Crippen LogP contribution in [-0.4, -0.2) is 30.6 Å². The molecule has 0 spiro atoms. The highest BCUT2D eigenvalue weighted by Crippen LogP contribution is 2.39. The average Bonchev–Trinajstić information content (AvgIpc) is 2.88. The number of rotatable bonds is 6. The topological polar surface area (TPSA) is 52.7 Å². The maximum atomic E-state index is 7.21. The first-order valence-corrected chi connectivity index (χ1v) is 6.72. The van der Waals surface area contributed by atoms with Crippen molar-refractivity contribution in [2.24, 2.45) is 0 Å². The van der Waals surface area contributed by atoms with Crippen molar-refractivity contribution in [2.45, 2.75) is 32.4 Å². The zero-order valence-electron chi connectivity index (χ0n) is 12.1. The second-order valence-corrected chi connectivity index (χ2v) is 4.60. The van der Waals surface area contributed by atoms with Crippen LogP contribution in [0.3, 0.4) is 0 Å². The molecular formula is C14H20N4O2. The monoisotopic (exact) mass is 276 g/mol. The van der Waals surface area contributed by atoms with Crippen LogP contribution in [0.25, 0.3) is 4.85 Å². The van der Waals surface area contributed by atoms with E-state index in [0.717, 1.165) is 37.4 Å². The average molecular weight is 276 g/mol. The molecule has 1 aliphatic heterocycles. The highest BCUT2D eigenvalue weighted by molar-refractivity contribution is 5.68. The number of anilines is 1. The van der Waals surface area contributed by atoms with Crippen molar-refractivity contribution in [1.29, 1.82) is 0 Å². The van der Waals surface area contributed by atoms with E-state index >= 15 is 0 Å². The normalized spacial score (nSPS) is 17.6. The van der Waals surface area contributed by atoms with Crippen molar-refractivity contribution in [1.82, 2.24) is 9.78 Å². The molecule has 0 radical (unpaired) electrons. The molecular weight excluding hydrogens is 256 g/mol. The predicted molar refractivity (Wildman–Crippen MR) is 76.6 cm³/mol. The van der Waals surface area contributed by atoms with E-state index in [9.17, 15) is 0 Å². The number of hydrogen-bond donors (Lipinski definition) is 1. The van der Waals surface area contributed by atoms with Gasteiger partial charge in [-0.2, -0.15) is 5.10 Å². The summed E-state index contributed by atoms with van der Waals surface area (Å²) < 4.78 is 12.4. The summed E-state index contributed by atoms with van der Waals surface area (Å²) in [6, 6.07) is 0. The third-order valence-corrected chi connectivity index (χ3v) is 3.45. The van der Waals surface area contributed by atoms with E-state index in [1.807, 2.05) is 0 Å². The van der Waals surface area contributed by atoms with Gasteiger partial charge in [0.25, 0.3) is 0 Å². The minimum Gasteiger partial charge on any atom is -0.385 e. The van der Waals surface area contributed by atoms with Crippen molar-refractivity contribution >= 4 is 11.5 Å². The molecule has 20 heavy (non-hydrogen) atoms. The quantitative estimate of drug-likeness (QED) is 0.641. The molecule has 2 rings (SSSR count). The Hall–Kier alpha value is -1.84. The van der Waals surface area contributed by atoms with Crippen LogP contribution >= 0.6 is 0 Å². The number of ether oxygens (including phenoxy) is 2. The summed E-state index contributed by atoms with van der Waals surface area (Å²) in [5, 5.41) is 7.62. The van der Waals surface area contributed by atoms with Gasteiger partial charge in [0.2, 0.25) is 5.69 Å². The molecule has 1 N–H and O–H groups in total. The molecule has 0 amide bonds. The molecule has 6 heteroatoms. The van der Waals surface area contributed by atoms with Gasteiger partial charge in [0.05, 0.1) is 12.8 Å². The third-order valence-electron chi connectivity index (χ3n) is 3.45. The van der Waals surface area contributed by atoms with Crippen molar-refractivity contribution in [2.75, 3.05) is 26.1 Å². The van der Waals surface area contributed by atoms with Gasteiger partial charge in [-0.15, -0.1) is 0 Å². The highest BCUT2D eigenvalue weighted by atomic mass is 16.5. The largest absolute Gasteiger partial charge is 0.385 e. The van der Waals surface area contributed by atoms with Gasteiger partial charge in [-0.05, 0) is 24.8 Å². The van der Waals surface area contributed by atoms with E-state index in [1.165, 1.54) is 5.57 Å². The molecule has 0 aliphatic carbocycles. The van der Waals surface area contributed by atoms with Crippen molar-refractivity contribution < 1.29 is 9.47 Å². The summed E-state index contributed by atoms with van der Waals surface area (Å²) in [4.78, 5) is 3.50. The van der Waals surface area contributed by atoms with E-state index in [1.54, 1.807) is 25.1 Å². The molecule has 1 aromatic rings. The Kier molecular flexibility index (Phi) is 4.77. The zero-order chi connectivity index (χ0) is 14.5. The molecule has 0 bridgehead atoms. The number of allylic oxidation sites excluding steroid dienone is 1. The van der Waals surface area contributed by atoms with Crippen LogP contribution < -0.4 is 5.32 Å². The molecule has 6 nitrogen and oxygen atoms in total. The minimum atomic E-state index is -0.232. The molecule has 0 saturated carbocycles. The minimum absolute atomic E-state index is 0.232. The number of aromatic nitrogens is 2. The molecule has 1 unspecified atom stereocenters. The summed E-state index contributed by atoms with van der Waals surface area (Å²) in [5.41, 5.74) is 2.82. The second-order valence-electron chi connectivity index (χ2n) is 4.60. The van der Waals surface area contributed by atoms with Gasteiger partial charge in [0, 0.05) is 26.5 Å². The van der Waals surface area contributed by atoms with E-state index in [4.69, 9.17) is 16.0 Å². The second kappa shape index (κ2) is 6.55. The molecule has 108 valence electrons. The Morgan fingerprint density at radius 2 is 2.30 bits per heavy atom. The van der Waals surface area contributed by atoms with Gasteiger partial charge in [-0.3, -0.25) is 0 Å². The SMILES string of the molecule is [C-]#[N+]c1cnn2c1NC(CCCOC)=C(CC)C2OC. The first-order chi connectivity index (χ1) is 9.76. The molecule has 0 fully saturated rings. The van der Waals surface area contributed by atoms with Gasteiger partial charge >= 0.3 is 0 Å². The smallest absolute Gasteiger partial charge is 0.247 e. The lowest BCUT2D eigenvalue weighted by Crippen LogP contribution is -2.25. The molecule has 1 aliphatic rings. The van der Waals surface area contributed by atoms with Gasteiger partial charge in [0.1, 0.15) is 5.82 Å². The molecule has 1 aromatic heterocycles. The number of fused-ring (bicyclic) bond motifs is 1. The summed E-state index contributed by atoms with van der Waals surface area (Å²) in [5.74, 6) is 0.719. The Morgan fingerprint density at radius 3 is 2.90 bits per heavy atom. The lowest BCUT2D eigenvalue weighted by molar-refractivity contribution is 0.0608. The molecule has 0 saturated heterocycles. The van der Waals surface area contributed by atoms with Crippen LogP contribution in [0, 0.1) is 6.57 Å². The zero-order valence-corrected chi connectivity index (χ0v) is 12.1. The number of nitrogens with one attached hydrogen (secondary N) is 1. The maximum Gasteiger partial charge on any atom is 0.247 e. The first-order valence-electron chi connectivity index (χ1n) is 6.72. The Labute approximate surface area is 119 Å². The van der Waals surface area contributed by atoms with Gasteiger partial charge in [-0.1, -0.05) is 6.92 Å². The standard InChI is InChI=1S/C14H20N4O2/c1-5-10-11(7-6-8-19-3)17-13-12(15-2)9-16-18(13)14(10)20-4/h9,14,17H,5-8H2,1,3-4H3. The summed E-state index contributed by atoms with van der Waals surface area (Å²) in [6.45, 7) is 10.0. The van der Waals surface area contributed by atoms with Crippen molar-refractivity contribution in [3.63, 3.8) is 0 Å². The van der Waals surface area contributed by atoms with Crippen LogP contribution in [-0.2, 0) is 9.47 Å². The maximum absolute atomic E-state index is 7.21. The lowest BCUT2D eigenvalue weighted by Gasteiger charge is -2.30. The lowest BCUT2D eigenvalue weighted by atomic mass is 10.0. The Bertz CT molecular complexity index is 542. The third kappa shape index (κ3) is 2.55. The van der Waals surface area contributed by atoms with Gasteiger partial charge < -0.3 is 14.8 Å². The van der Waals surface area contributed by atoms with Gasteiger partial charge in [-0.25, -0.2) is 9.53 Å². The van der Waals surface area contributed by atoms with Crippen molar-refractivity contribution in [3.05, 3.63) is 28.9 Å². The molecule has 0 aromatic carbocycles. The van der Waals surface area contributed by atoms with Crippen molar-refractivity contribution in [3.8, 4) is 0 Å².